The normalized spacial score (nSPS) is 35.3. The van der Waals surface area contributed by atoms with E-state index in [0.717, 1.165) is 55.6 Å². The average Bonchev–Trinajstić information content (AvgIpc) is 3.23. The third-order valence-electron chi connectivity index (χ3n) is 8.00. The summed E-state index contributed by atoms with van der Waals surface area (Å²) >= 11 is 0. The van der Waals surface area contributed by atoms with Crippen molar-refractivity contribution in [2.45, 2.75) is 51.0 Å². The van der Waals surface area contributed by atoms with E-state index in [-0.39, 0.29) is 29.3 Å². The van der Waals surface area contributed by atoms with E-state index in [1.54, 1.807) is 0 Å². The number of carbonyl (C=O) groups is 2. The Morgan fingerprint density at radius 2 is 2.17 bits per heavy atom. The number of rotatable bonds is 2. The van der Waals surface area contributed by atoms with E-state index in [2.05, 4.69) is 35.9 Å². The number of nitrogens with zero attached hydrogens (tertiary/aromatic N) is 1. The summed E-state index contributed by atoms with van der Waals surface area (Å²) in [5.74, 6) is -0.0922. The summed E-state index contributed by atoms with van der Waals surface area (Å²) in [6, 6.07) is 8.18. The van der Waals surface area contributed by atoms with E-state index in [1.165, 1.54) is 7.11 Å². The third kappa shape index (κ3) is 2.38. The second-order valence-electron chi connectivity index (χ2n) is 9.20. The molecule has 0 aromatic heterocycles. The molecular weight excluding hydrogens is 364 g/mol. The van der Waals surface area contributed by atoms with Crippen LogP contribution in [0.4, 0.5) is 5.69 Å². The van der Waals surface area contributed by atoms with Crippen LogP contribution in [0.25, 0.3) is 0 Å². The van der Waals surface area contributed by atoms with Crippen molar-refractivity contribution >= 4 is 17.6 Å². The van der Waals surface area contributed by atoms with Gasteiger partial charge in [0.05, 0.1) is 18.1 Å². The van der Waals surface area contributed by atoms with Gasteiger partial charge in [0.1, 0.15) is 0 Å². The Morgan fingerprint density at radius 1 is 1.38 bits per heavy atom. The van der Waals surface area contributed by atoms with Gasteiger partial charge in [0.25, 0.3) is 0 Å². The molecule has 1 aromatic carbocycles. The lowest BCUT2D eigenvalue weighted by Crippen LogP contribution is -2.58. The number of esters is 1. The van der Waals surface area contributed by atoms with Crippen molar-refractivity contribution in [3.8, 4) is 0 Å². The van der Waals surface area contributed by atoms with Crippen LogP contribution >= 0.6 is 0 Å². The summed E-state index contributed by atoms with van der Waals surface area (Å²) in [5.41, 5.74) is 6.70. The van der Waals surface area contributed by atoms with Crippen molar-refractivity contribution in [2.24, 2.45) is 11.3 Å². The van der Waals surface area contributed by atoms with E-state index >= 15 is 0 Å². The van der Waals surface area contributed by atoms with Crippen molar-refractivity contribution in [2.75, 3.05) is 25.5 Å². The van der Waals surface area contributed by atoms with Gasteiger partial charge in [0, 0.05) is 24.2 Å². The van der Waals surface area contributed by atoms with Gasteiger partial charge in [-0.15, -0.1) is 5.73 Å². The first-order valence-corrected chi connectivity index (χ1v) is 10.6. The van der Waals surface area contributed by atoms with Crippen LogP contribution < -0.4 is 5.32 Å². The van der Waals surface area contributed by atoms with Crippen LogP contribution in [-0.2, 0) is 19.7 Å². The monoisotopic (exact) mass is 392 g/mol. The van der Waals surface area contributed by atoms with Gasteiger partial charge >= 0.3 is 5.97 Å². The molecular formula is C24H28N2O3. The predicted molar refractivity (Wildman–Crippen MR) is 110 cm³/mol. The highest BCUT2D eigenvalue weighted by molar-refractivity contribution is 6.07. The quantitative estimate of drug-likeness (QED) is 0.619. The van der Waals surface area contributed by atoms with E-state index < -0.39 is 5.41 Å². The highest BCUT2D eigenvalue weighted by Crippen LogP contribution is 2.58. The maximum atomic E-state index is 13.3. The number of ether oxygens (including phenoxy) is 1. The number of nitrogens with one attached hydrogen (secondary N) is 1. The second-order valence-corrected chi connectivity index (χ2v) is 9.20. The van der Waals surface area contributed by atoms with Crippen LogP contribution in [0.2, 0.25) is 0 Å². The van der Waals surface area contributed by atoms with Crippen molar-refractivity contribution < 1.29 is 14.3 Å². The standard InChI is InChI=1S/C24H28N2O3/c1-4-23-13-15(2)11-16(21(27)29-3)18(23)12-20-24(9-10-26(20)14-23)17-7-5-6-8-19(17)25-22(24)28/h5-8,18,20H,4,9-10,12-14H2,1-3H3,(H,25,28)/t18-,20+,23+,24+/m1/s1. The smallest absolute Gasteiger partial charge is 0.341 e. The van der Waals surface area contributed by atoms with Crippen LogP contribution in [0.3, 0.4) is 0 Å². The molecule has 0 saturated carbocycles. The Morgan fingerprint density at radius 3 is 2.93 bits per heavy atom. The largest absolute Gasteiger partial charge is 0.465 e. The topological polar surface area (TPSA) is 58.6 Å². The van der Waals surface area contributed by atoms with Gasteiger partial charge in [-0.3, -0.25) is 9.69 Å². The number of para-hydroxylation sites is 1. The number of anilines is 1. The van der Waals surface area contributed by atoms with Crippen LogP contribution in [0.5, 0.6) is 0 Å². The minimum atomic E-state index is -0.520. The lowest BCUT2D eigenvalue weighted by Gasteiger charge is -2.53. The zero-order valence-electron chi connectivity index (χ0n) is 17.4. The summed E-state index contributed by atoms with van der Waals surface area (Å²) in [6.07, 6.45) is 3.57. The molecule has 4 atom stereocenters. The summed E-state index contributed by atoms with van der Waals surface area (Å²) in [6.45, 7) is 6.12. The number of hydrogen-bond donors (Lipinski definition) is 1. The van der Waals surface area contributed by atoms with Crippen LogP contribution in [0.1, 0.15) is 45.1 Å². The zero-order valence-corrected chi connectivity index (χ0v) is 17.4. The number of piperidine rings is 1. The molecule has 29 heavy (non-hydrogen) atoms. The summed E-state index contributed by atoms with van der Waals surface area (Å²) in [4.78, 5) is 28.5. The molecule has 5 nitrogen and oxygen atoms in total. The van der Waals surface area contributed by atoms with Gasteiger partial charge < -0.3 is 10.1 Å². The number of fused-ring (bicyclic) bond motifs is 5. The first kappa shape index (κ1) is 18.7. The highest BCUT2D eigenvalue weighted by atomic mass is 16.5. The molecule has 0 unspecified atom stereocenters. The molecule has 5 heteroatoms. The number of hydrogen-bond acceptors (Lipinski definition) is 4. The van der Waals surface area contributed by atoms with E-state index in [9.17, 15) is 9.59 Å². The Kier molecular flexibility index (Phi) is 4.06. The van der Waals surface area contributed by atoms with Gasteiger partial charge in [-0.2, -0.15) is 0 Å². The molecule has 152 valence electrons. The summed E-state index contributed by atoms with van der Waals surface area (Å²) in [5, 5.41) is 3.13. The molecule has 4 aliphatic rings. The van der Waals surface area contributed by atoms with E-state index in [1.807, 2.05) is 18.2 Å². The van der Waals surface area contributed by atoms with Crippen LogP contribution in [-0.4, -0.2) is 43.0 Å². The number of methoxy groups -OCH3 is 1. The maximum Gasteiger partial charge on any atom is 0.341 e. The SMILES string of the molecule is CC[C@@]12CC(C)=C=C(C(=O)OC)[C@H]1C[C@@H]1N(CC[C@@]13C(=O)Nc1ccccc13)C2. The van der Waals surface area contributed by atoms with Crippen LogP contribution in [0.15, 0.2) is 41.1 Å². The summed E-state index contributed by atoms with van der Waals surface area (Å²) < 4.78 is 5.14. The lowest BCUT2D eigenvalue weighted by atomic mass is 9.58. The molecule has 1 amide bonds. The third-order valence-corrected chi connectivity index (χ3v) is 8.00. The van der Waals surface area contributed by atoms with Gasteiger partial charge in [0.2, 0.25) is 5.91 Å². The lowest BCUT2D eigenvalue weighted by molar-refractivity contribution is -0.138. The van der Waals surface area contributed by atoms with Gasteiger partial charge in [0.15, 0.2) is 0 Å². The molecule has 1 aromatic rings. The minimum absolute atomic E-state index is 0.00941. The fourth-order valence-electron chi connectivity index (χ4n) is 6.68. The van der Waals surface area contributed by atoms with Crippen LogP contribution in [0, 0.1) is 11.3 Å². The molecule has 2 saturated heterocycles. The molecule has 0 bridgehead atoms. The first-order valence-electron chi connectivity index (χ1n) is 10.6. The molecule has 1 N–H and O–H groups in total. The molecule has 3 aliphatic heterocycles. The first-order chi connectivity index (χ1) is 13.9. The van der Waals surface area contributed by atoms with Crippen molar-refractivity contribution in [1.82, 2.24) is 4.90 Å². The molecule has 3 heterocycles. The van der Waals surface area contributed by atoms with Gasteiger partial charge in [-0.05, 0) is 61.8 Å². The summed E-state index contributed by atoms with van der Waals surface area (Å²) in [7, 11) is 1.45. The molecule has 1 aliphatic carbocycles. The fourth-order valence-corrected chi connectivity index (χ4v) is 6.68. The number of amides is 1. The Labute approximate surface area is 171 Å². The number of benzene rings is 1. The Bertz CT molecular complexity index is 976. The van der Waals surface area contributed by atoms with Crippen molar-refractivity contribution in [1.29, 1.82) is 0 Å². The van der Waals surface area contributed by atoms with Gasteiger partial charge in [-0.1, -0.05) is 25.1 Å². The Hall–Kier alpha value is -2.36. The fraction of sp³-hybridized carbons (Fsp3) is 0.542. The van der Waals surface area contributed by atoms with E-state index in [4.69, 9.17) is 4.74 Å². The van der Waals surface area contributed by atoms with E-state index in [0.29, 0.717) is 5.57 Å². The number of carbonyl (C=O) groups excluding carboxylic acids is 2. The molecule has 0 radical (unpaired) electrons. The molecule has 2 fully saturated rings. The van der Waals surface area contributed by atoms with Gasteiger partial charge in [-0.25, -0.2) is 4.79 Å². The maximum absolute atomic E-state index is 13.3. The molecule has 1 spiro atoms. The molecule has 5 rings (SSSR count). The predicted octanol–water partition coefficient (Wildman–Crippen LogP) is 3.42. The second kappa shape index (κ2) is 6.32. The zero-order chi connectivity index (χ0) is 20.4. The van der Waals surface area contributed by atoms with Crippen molar-refractivity contribution in [3.05, 3.63) is 46.7 Å². The van der Waals surface area contributed by atoms with Crippen molar-refractivity contribution in [3.63, 3.8) is 0 Å². The average molecular weight is 392 g/mol. The Balaban J connectivity index is 1.61. The highest BCUT2D eigenvalue weighted by Gasteiger charge is 2.62. The minimum Gasteiger partial charge on any atom is -0.465 e.